The van der Waals surface area contributed by atoms with Crippen LogP contribution in [0.4, 0.5) is 0 Å². The highest BCUT2D eigenvalue weighted by Gasteiger charge is 2.25. The fourth-order valence-electron chi connectivity index (χ4n) is 2.70. The van der Waals surface area contributed by atoms with E-state index in [0.29, 0.717) is 6.04 Å². The molecule has 0 saturated heterocycles. The second-order valence-electron chi connectivity index (χ2n) is 5.40. The lowest BCUT2D eigenvalue weighted by Gasteiger charge is -2.33. The van der Waals surface area contributed by atoms with Gasteiger partial charge in [-0.3, -0.25) is 11.3 Å². The number of nitrogens with zero attached hydrogens (tertiary/aromatic N) is 1. The summed E-state index contributed by atoms with van der Waals surface area (Å²) in [5, 5.41) is 0. The molecule has 15 heavy (non-hydrogen) atoms. The maximum atomic E-state index is 5.67. The zero-order valence-corrected chi connectivity index (χ0v) is 10.5. The summed E-state index contributed by atoms with van der Waals surface area (Å²) in [5.74, 6) is 7.35. The fourth-order valence-corrected chi connectivity index (χ4v) is 2.70. The second-order valence-corrected chi connectivity index (χ2v) is 5.40. The molecule has 1 aliphatic rings. The van der Waals surface area contributed by atoms with Gasteiger partial charge >= 0.3 is 0 Å². The summed E-state index contributed by atoms with van der Waals surface area (Å²) in [5.41, 5.74) is 3.02. The van der Waals surface area contributed by atoms with Crippen molar-refractivity contribution in [2.75, 3.05) is 20.6 Å². The van der Waals surface area contributed by atoms with Crippen molar-refractivity contribution in [3.05, 3.63) is 0 Å². The molecule has 0 amide bonds. The van der Waals surface area contributed by atoms with Gasteiger partial charge in [0.2, 0.25) is 0 Å². The third-order valence-corrected chi connectivity index (χ3v) is 3.65. The molecule has 0 aliphatic heterocycles. The van der Waals surface area contributed by atoms with Crippen LogP contribution in [-0.4, -0.2) is 31.6 Å². The molecule has 1 fully saturated rings. The van der Waals surface area contributed by atoms with Crippen LogP contribution in [0.15, 0.2) is 0 Å². The Morgan fingerprint density at radius 2 is 2.13 bits per heavy atom. The quantitative estimate of drug-likeness (QED) is 0.538. The van der Waals surface area contributed by atoms with E-state index in [2.05, 4.69) is 31.3 Å². The minimum absolute atomic E-state index is 0.509. The standard InChI is InChI=1S/C12H27N3/c1-10-5-4-6-11(9-10)12(14-13)7-8-15(2)3/h10-12,14H,4-9,13H2,1-3H3. The van der Waals surface area contributed by atoms with E-state index < -0.39 is 0 Å². The third-order valence-electron chi connectivity index (χ3n) is 3.65. The zero-order chi connectivity index (χ0) is 11.3. The number of rotatable bonds is 5. The van der Waals surface area contributed by atoms with E-state index in [-0.39, 0.29) is 0 Å². The lowest BCUT2D eigenvalue weighted by Crippen LogP contribution is -2.44. The number of hydrogen-bond acceptors (Lipinski definition) is 3. The monoisotopic (exact) mass is 213 g/mol. The Labute approximate surface area is 94.4 Å². The molecule has 0 aromatic carbocycles. The van der Waals surface area contributed by atoms with Crippen LogP contribution < -0.4 is 11.3 Å². The first-order valence-electron chi connectivity index (χ1n) is 6.24. The predicted molar refractivity (Wildman–Crippen MR) is 65.4 cm³/mol. The summed E-state index contributed by atoms with van der Waals surface area (Å²) in [6.07, 6.45) is 6.66. The van der Waals surface area contributed by atoms with Crippen molar-refractivity contribution in [3.8, 4) is 0 Å². The van der Waals surface area contributed by atoms with Crippen LogP contribution in [0.5, 0.6) is 0 Å². The Morgan fingerprint density at radius 3 is 2.67 bits per heavy atom. The Bertz CT molecular complexity index is 170. The summed E-state index contributed by atoms with van der Waals surface area (Å²) in [4.78, 5) is 2.23. The van der Waals surface area contributed by atoms with Crippen molar-refractivity contribution in [2.45, 2.75) is 45.1 Å². The summed E-state index contributed by atoms with van der Waals surface area (Å²) in [6.45, 7) is 3.49. The molecule has 1 saturated carbocycles. The van der Waals surface area contributed by atoms with Crippen LogP contribution >= 0.6 is 0 Å². The van der Waals surface area contributed by atoms with E-state index in [9.17, 15) is 0 Å². The first-order valence-corrected chi connectivity index (χ1v) is 6.24. The molecule has 0 aromatic heterocycles. The van der Waals surface area contributed by atoms with Gasteiger partial charge in [-0.25, -0.2) is 0 Å². The average Bonchev–Trinajstić information content (AvgIpc) is 2.18. The molecule has 3 unspecified atom stereocenters. The molecular formula is C12H27N3. The fraction of sp³-hybridized carbons (Fsp3) is 1.00. The molecule has 3 heteroatoms. The lowest BCUT2D eigenvalue weighted by molar-refractivity contribution is 0.205. The third kappa shape index (κ3) is 4.49. The van der Waals surface area contributed by atoms with Gasteiger partial charge in [-0.2, -0.15) is 0 Å². The zero-order valence-electron chi connectivity index (χ0n) is 10.5. The molecule has 0 aromatic rings. The van der Waals surface area contributed by atoms with Gasteiger partial charge in [0.25, 0.3) is 0 Å². The Morgan fingerprint density at radius 1 is 1.40 bits per heavy atom. The van der Waals surface area contributed by atoms with E-state index >= 15 is 0 Å². The molecular weight excluding hydrogens is 186 g/mol. The predicted octanol–water partition coefficient (Wildman–Crippen LogP) is 1.60. The maximum Gasteiger partial charge on any atom is 0.0251 e. The number of nitrogens with two attached hydrogens (primary N) is 1. The van der Waals surface area contributed by atoms with Gasteiger partial charge < -0.3 is 4.90 Å². The van der Waals surface area contributed by atoms with Gasteiger partial charge in [-0.05, 0) is 51.7 Å². The lowest BCUT2D eigenvalue weighted by atomic mass is 9.78. The summed E-state index contributed by atoms with van der Waals surface area (Å²) >= 11 is 0. The van der Waals surface area contributed by atoms with E-state index in [0.717, 1.165) is 18.4 Å². The van der Waals surface area contributed by atoms with Crippen LogP contribution in [0.2, 0.25) is 0 Å². The second kappa shape index (κ2) is 6.46. The minimum atomic E-state index is 0.509. The molecule has 1 aliphatic carbocycles. The smallest absolute Gasteiger partial charge is 0.0251 e. The van der Waals surface area contributed by atoms with Crippen LogP contribution in [0.3, 0.4) is 0 Å². The average molecular weight is 213 g/mol. The Hall–Kier alpha value is -0.120. The van der Waals surface area contributed by atoms with Crippen LogP contribution in [0.1, 0.15) is 39.0 Å². The maximum absolute atomic E-state index is 5.67. The highest BCUT2D eigenvalue weighted by Crippen LogP contribution is 2.31. The topological polar surface area (TPSA) is 41.3 Å². The van der Waals surface area contributed by atoms with Gasteiger partial charge in [-0.1, -0.05) is 19.8 Å². The van der Waals surface area contributed by atoms with E-state index in [1.54, 1.807) is 0 Å². The van der Waals surface area contributed by atoms with E-state index in [1.807, 2.05) is 0 Å². The summed E-state index contributed by atoms with van der Waals surface area (Å²) in [6, 6.07) is 0.509. The molecule has 3 atom stereocenters. The summed E-state index contributed by atoms with van der Waals surface area (Å²) in [7, 11) is 4.24. The first kappa shape index (κ1) is 12.9. The van der Waals surface area contributed by atoms with Crippen LogP contribution in [0.25, 0.3) is 0 Å². The van der Waals surface area contributed by atoms with E-state index in [1.165, 1.54) is 32.1 Å². The van der Waals surface area contributed by atoms with Crippen LogP contribution in [-0.2, 0) is 0 Å². The molecule has 3 N–H and O–H groups in total. The normalized spacial score (nSPS) is 29.4. The molecule has 0 spiro atoms. The van der Waals surface area contributed by atoms with Crippen molar-refractivity contribution in [2.24, 2.45) is 17.7 Å². The molecule has 90 valence electrons. The minimum Gasteiger partial charge on any atom is -0.309 e. The number of nitrogens with one attached hydrogen (secondary N) is 1. The Balaban J connectivity index is 2.35. The van der Waals surface area contributed by atoms with Crippen molar-refractivity contribution in [3.63, 3.8) is 0 Å². The number of hydrazine groups is 1. The van der Waals surface area contributed by atoms with E-state index in [4.69, 9.17) is 5.84 Å². The van der Waals surface area contributed by atoms with Gasteiger partial charge in [0.1, 0.15) is 0 Å². The molecule has 0 heterocycles. The highest BCUT2D eigenvalue weighted by atomic mass is 15.2. The molecule has 0 bridgehead atoms. The van der Waals surface area contributed by atoms with Gasteiger partial charge in [0.05, 0.1) is 0 Å². The Kier molecular flexibility index (Phi) is 5.58. The number of hydrogen-bond donors (Lipinski definition) is 2. The largest absolute Gasteiger partial charge is 0.309 e. The molecule has 0 radical (unpaired) electrons. The van der Waals surface area contributed by atoms with Crippen molar-refractivity contribution >= 4 is 0 Å². The molecule has 3 nitrogen and oxygen atoms in total. The first-order chi connectivity index (χ1) is 7.13. The highest BCUT2D eigenvalue weighted by molar-refractivity contribution is 4.80. The molecule has 1 rings (SSSR count). The van der Waals surface area contributed by atoms with Crippen molar-refractivity contribution in [1.82, 2.24) is 10.3 Å². The van der Waals surface area contributed by atoms with Gasteiger partial charge in [-0.15, -0.1) is 0 Å². The van der Waals surface area contributed by atoms with Gasteiger partial charge in [0.15, 0.2) is 0 Å². The van der Waals surface area contributed by atoms with Crippen molar-refractivity contribution in [1.29, 1.82) is 0 Å². The van der Waals surface area contributed by atoms with Crippen LogP contribution in [0, 0.1) is 11.8 Å². The van der Waals surface area contributed by atoms with Crippen molar-refractivity contribution < 1.29 is 0 Å². The SMILES string of the molecule is CC1CCCC(C(CCN(C)C)NN)C1. The summed E-state index contributed by atoms with van der Waals surface area (Å²) < 4.78 is 0. The van der Waals surface area contributed by atoms with Gasteiger partial charge in [0, 0.05) is 6.04 Å².